The van der Waals surface area contributed by atoms with Crippen molar-refractivity contribution in [1.82, 2.24) is 9.97 Å². The van der Waals surface area contributed by atoms with Crippen molar-refractivity contribution < 1.29 is 0 Å². The smallest absolute Gasteiger partial charge is 0.0434 e. The molecule has 0 amide bonds. The van der Waals surface area contributed by atoms with E-state index in [1.165, 1.54) is 43.1 Å². The summed E-state index contributed by atoms with van der Waals surface area (Å²) in [6, 6.07) is 47.4. The van der Waals surface area contributed by atoms with E-state index in [9.17, 15) is 0 Å². The SMILES string of the molecule is C(=C\c1ccc(-c2sc(-c3ccc(/C=C/c4ccncc4)cc3)c(-c3ccccc3)c2-c2ccccc2)cc1)/c1ccncc1. The molecule has 0 aliphatic rings. The molecule has 0 atom stereocenters. The fourth-order valence-corrected chi connectivity index (χ4v) is 6.78. The monoisotopic (exact) mass is 594 g/mol. The van der Waals surface area contributed by atoms with Crippen LogP contribution in [0, 0.1) is 0 Å². The first kappa shape index (κ1) is 28.1. The number of benzene rings is 4. The molecule has 3 heteroatoms. The number of aromatic nitrogens is 2. The van der Waals surface area contributed by atoms with Gasteiger partial charge in [0.05, 0.1) is 0 Å². The molecule has 0 spiro atoms. The first-order valence-electron chi connectivity index (χ1n) is 15.0. The van der Waals surface area contributed by atoms with Gasteiger partial charge >= 0.3 is 0 Å². The lowest BCUT2D eigenvalue weighted by Gasteiger charge is -2.11. The summed E-state index contributed by atoms with van der Waals surface area (Å²) in [7, 11) is 0. The van der Waals surface area contributed by atoms with Crippen LogP contribution in [0.15, 0.2) is 158 Å². The normalized spacial score (nSPS) is 11.4. The maximum Gasteiger partial charge on any atom is 0.0434 e. The Bertz CT molecular complexity index is 1890. The van der Waals surface area contributed by atoms with Crippen molar-refractivity contribution in [2.45, 2.75) is 0 Å². The Balaban J connectivity index is 1.33. The Kier molecular flexibility index (Phi) is 8.34. The lowest BCUT2D eigenvalue weighted by molar-refractivity contribution is 1.32. The molecule has 0 fully saturated rings. The molecule has 0 aliphatic carbocycles. The van der Waals surface area contributed by atoms with Crippen LogP contribution in [0.5, 0.6) is 0 Å². The highest BCUT2D eigenvalue weighted by atomic mass is 32.1. The van der Waals surface area contributed by atoms with Gasteiger partial charge in [0.2, 0.25) is 0 Å². The zero-order valence-electron chi connectivity index (χ0n) is 24.6. The van der Waals surface area contributed by atoms with Crippen LogP contribution in [0.25, 0.3) is 67.4 Å². The van der Waals surface area contributed by atoms with Crippen LogP contribution in [-0.2, 0) is 0 Å². The zero-order chi connectivity index (χ0) is 30.3. The van der Waals surface area contributed by atoms with Gasteiger partial charge in [0.15, 0.2) is 0 Å². The van der Waals surface area contributed by atoms with Crippen molar-refractivity contribution in [2.75, 3.05) is 0 Å². The van der Waals surface area contributed by atoms with E-state index in [0.29, 0.717) is 0 Å². The zero-order valence-corrected chi connectivity index (χ0v) is 25.4. The average molecular weight is 595 g/mol. The molecule has 0 unspecified atom stereocenters. The molecule has 0 saturated heterocycles. The highest BCUT2D eigenvalue weighted by Crippen LogP contribution is 2.52. The molecule has 3 aromatic heterocycles. The minimum Gasteiger partial charge on any atom is -0.265 e. The van der Waals surface area contributed by atoms with Gasteiger partial charge in [-0.05, 0) is 68.8 Å². The van der Waals surface area contributed by atoms with Crippen molar-refractivity contribution in [3.05, 3.63) is 181 Å². The van der Waals surface area contributed by atoms with Gasteiger partial charge in [-0.15, -0.1) is 11.3 Å². The summed E-state index contributed by atoms with van der Waals surface area (Å²) in [6.45, 7) is 0. The molecule has 0 saturated carbocycles. The Morgan fingerprint density at radius 2 is 0.667 bits per heavy atom. The van der Waals surface area contributed by atoms with E-state index < -0.39 is 0 Å². The molecule has 2 nitrogen and oxygen atoms in total. The lowest BCUT2D eigenvalue weighted by Crippen LogP contribution is -1.86. The average Bonchev–Trinajstić information content (AvgIpc) is 3.53. The predicted molar refractivity (Wildman–Crippen MR) is 192 cm³/mol. The maximum atomic E-state index is 4.12. The molecule has 3 heterocycles. The lowest BCUT2D eigenvalue weighted by atomic mass is 9.91. The van der Waals surface area contributed by atoms with Crippen LogP contribution in [0.3, 0.4) is 0 Å². The van der Waals surface area contributed by atoms with Crippen molar-refractivity contribution >= 4 is 35.6 Å². The van der Waals surface area contributed by atoms with Crippen LogP contribution in [0.2, 0.25) is 0 Å². The number of rotatable bonds is 8. The molecule has 4 aromatic carbocycles. The molecule has 45 heavy (non-hydrogen) atoms. The molecule has 7 rings (SSSR count). The van der Waals surface area contributed by atoms with Gasteiger partial charge in [-0.25, -0.2) is 0 Å². The second-order valence-corrected chi connectivity index (χ2v) is 11.7. The van der Waals surface area contributed by atoms with E-state index in [1.807, 2.05) is 60.4 Å². The van der Waals surface area contributed by atoms with E-state index in [0.717, 1.165) is 22.3 Å². The molecule has 0 aliphatic heterocycles. The van der Waals surface area contributed by atoms with Gasteiger partial charge in [-0.2, -0.15) is 0 Å². The number of hydrogen-bond acceptors (Lipinski definition) is 3. The second-order valence-electron chi connectivity index (χ2n) is 10.7. The van der Waals surface area contributed by atoms with Crippen LogP contribution in [-0.4, -0.2) is 9.97 Å². The fourth-order valence-electron chi connectivity index (χ4n) is 5.42. The quantitative estimate of drug-likeness (QED) is 0.175. The third-order valence-electron chi connectivity index (χ3n) is 7.73. The molecule has 0 N–H and O–H groups in total. The van der Waals surface area contributed by atoms with Gasteiger partial charge in [0.1, 0.15) is 0 Å². The van der Waals surface area contributed by atoms with Gasteiger partial charge in [-0.3, -0.25) is 9.97 Å². The summed E-state index contributed by atoms with van der Waals surface area (Å²) in [4.78, 5) is 10.8. The summed E-state index contributed by atoms with van der Waals surface area (Å²) >= 11 is 1.86. The van der Waals surface area contributed by atoms with Crippen LogP contribution in [0.1, 0.15) is 22.3 Å². The van der Waals surface area contributed by atoms with Crippen LogP contribution in [0.4, 0.5) is 0 Å². The van der Waals surface area contributed by atoms with E-state index in [1.54, 1.807) is 0 Å². The third-order valence-corrected chi connectivity index (χ3v) is 9.02. The highest BCUT2D eigenvalue weighted by molar-refractivity contribution is 7.20. The topological polar surface area (TPSA) is 25.8 Å². The van der Waals surface area contributed by atoms with Crippen LogP contribution < -0.4 is 0 Å². The largest absolute Gasteiger partial charge is 0.265 e. The molecular weight excluding hydrogens is 565 g/mol. The van der Waals surface area contributed by atoms with Crippen LogP contribution >= 0.6 is 11.3 Å². The molecular formula is C42H30N2S. The summed E-state index contributed by atoms with van der Waals surface area (Å²) in [5.41, 5.74) is 12.0. The van der Waals surface area contributed by atoms with E-state index in [-0.39, 0.29) is 0 Å². The van der Waals surface area contributed by atoms with E-state index in [4.69, 9.17) is 0 Å². The minimum absolute atomic E-state index is 1.13. The fraction of sp³-hybridized carbons (Fsp3) is 0. The van der Waals surface area contributed by atoms with Gasteiger partial charge in [0.25, 0.3) is 0 Å². The minimum atomic E-state index is 1.13. The Labute approximate surface area is 268 Å². The van der Waals surface area contributed by atoms with Crippen molar-refractivity contribution in [1.29, 1.82) is 0 Å². The number of pyridine rings is 2. The summed E-state index contributed by atoms with van der Waals surface area (Å²) in [5, 5.41) is 0. The third kappa shape index (κ3) is 6.50. The maximum absolute atomic E-state index is 4.12. The molecule has 214 valence electrons. The summed E-state index contributed by atoms with van der Waals surface area (Å²) < 4.78 is 0. The van der Waals surface area contributed by atoms with Gasteiger partial charge in [0, 0.05) is 45.7 Å². The van der Waals surface area contributed by atoms with Crippen molar-refractivity contribution in [3.63, 3.8) is 0 Å². The number of hydrogen-bond donors (Lipinski definition) is 0. The van der Waals surface area contributed by atoms with Gasteiger partial charge < -0.3 is 0 Å². The number of thiophene rings is 1. The standard InChI is InChI=1S/C42H30N2S/c1-3-7-35(8-4-1)39-40(36-9-5-2-6-10-36)42(38-21-17-32(18-22-38)12-14-34-25-29-44-30-26-34)45-41(39)37-19-15-31(16-20-37)11-13-33-23-27-43-28-24-33/h1-30H/b13-11+,14-12+. The predicted octanol–water partition coefficient (Wildman–Crippen LogP) is 11.5. The summed E-state index contributed by atoms with van der Waals surface area (Å²) in [6.07, 6.45) is 15.8. The second kappa shape index (κ2) is 13.3. The van der Waals surface area contributed by atoms with E-state index in [2.05, 4.69) is 143 Å². The van der Waals surface area contributed by atoms with Crippen molar-refractivity contribution in [3.8, 4) is 43.1 Å². The Morgan fingerprint density at radius 1 is 0.333 bits per heavy atom. The molecule has 0 bridgehead atoms. The van der Waals surface area contributed by atoms with Gasteiger partial charge in [-0.1, -0.05) is 133 Å². The Morgan fingerprint density at radius 3 is 1.02 bits per heavy atom. The first-order chi connectivity index (χ1) is 22.3. The molecule has 7 aromatic rings. The Hall–Kier alpha value is -5.64. The van der Waals surface area contributed by atoms with Crippen molar-refractivity contribution in [2.24, 2.45) is 0 Å². The number of nitrogens with zero attached hydrogens (tertiary/aromatic N) is 2. The highest BCUT2D eigenvalue weighted by Gasteiger charge is 2.23. The van der Waals surface area contributed by atoms with E-state index >= 15 is 0 Å². The first-order valence-corrected chi connectivity index (χ1v) is 15.8. The molecule has 0 radical (unpaired) electrons. The summed E-state index contributed by atoms with van der Waals surface area (Å²) in [5.74, 6) is 0.